The molecule has 0 heterocycles. The predicted molar refractivity (Wildman–Crippen MR) is 124 cm³/mol. The molecule has 32 heavy (non-hydrogen) atoms. The fraction of sp³-hybridized carbons (Fsp3) is 0.280. The van der Waals surface area contributed by atoms with Gasteiger partial charge in [-0.1, -0.05) is 43.3 Å². The molecule has 7 heteroatoms. The van der Waals surface area contributed by atoms with Crippen molar-refractivity contribution in [2.24, 2.45) is 0 Å². The summed E-state index contributed by atoms with van der Waals surface area (Å²) < 4.78 is 22.0. The van der Waals surface area contributed by atoms with Gasteiger partial charge in [-0.3, -0.25) is 0 Å². The van der Waals surface area contributed by atoms with Gasteiger partial charge in [0, 0.05) is 5.92 Å². The van der Waals surface area contributed by atoms with Crippen molar-refractivity contribution in [3.63, 3.8) is 0 Å². The lowest BCUT2D eigenvalue weighted by atomic mass is 9.70. The summed E-state index contributed by atoms with van der Waals surface area (Å²) >= 11 is 0. The molecule has 0 radical (unpaired) electrons. The molecule has 0 aliphatic rings. The third kappa shape index (κ3) is 4.75. The summed E-state index contributed by atoms with van der Waals surface area (Å²) in [4.78, 5) is 0. The van der Waals surface area contributed by atoms with Gasteiger partial charge in [0.2, 0.25) is 0 Å². The van der Waals surface area contributed by atoms with E-state index in [0.29, 0.717) is 17.9 Å². The Bertz CT molecular complexity index is 923. The molecule has 0 amide bonds. The van der Waals surface area contributed by atoms with Crippen LogP contribution in [0.25, 0.3) is 0 Å². The minimum absolute atomic E-state index is 0.253. The molecular formula is C25H29BO6. The number of rotatable bonds is 10. The summed E-state index contributed by atoms with van der Waals surface area (Å²) in [5, 5.41) is 20.1. The Morgan fingerprint density at radius 2 is 1.06 bits per heavy atom. The number of hydrogen-bond acceptors (Lipinski definition) is 6. The number of ether oxygens (including phenoxy) is 3. The van der Waals surface area contributed by atoms with Crippen LogP contribution < -0.4 is 14.2 Å². The molecule has 1 atom stereocenters. The largest absolute Gasteiger partial charge is 0.634 e. The van der Waals surface area contributed by atoms with Crippen molar-refractivity contribution in [2.45, 2.75) is 24.9 Å². The van der Waals surface area contributed by atoms with Gasteiger partial charge in [-0.15, -0.1) is 0 Å². The van der Waals surface area contributed by atoms with E-state index in [-0.39, 0.29) is 5.92 Å². The third-order valence-electron chi connectivity index (χ3n) is 5.75. The molecule has 0 bridgehead atoms. The van der Waals surface area contributed by atoms with E-state index in [1.807, 2.05) is 79.7 Å². The van der Waals surface area contributed by atoms with Crippen LogP contribution in [-0.4, -0.2) is 38.7 Å². The molecule has 0 saturated carbocycles. The first kappa shape index (κ1) is 23.7. The van der Waals surface area contributed by atoms with Crippen molar-refractivity contribution >= 4 is 7.32 Å². The van der Waals surface area contributed by atoms with Crippen LogP contribution in [-0.2, 0) is 10.3 Å². The molecule has 3 aromatic carbocycles. The van der Waals surface area contributed by atoms with Crippen molar-refractivity contribution in [1.82, 2.24) is 0 Å². The minimum atomic E-state index is -1.99. The average molecular weight is 436 g/mol. The highest BCUT2D eigenvalue weighted by Gasteiger charge is 2.46. The van der Waals surface area contributed by atoms with Crippen molar-refractivity contribution in [3.05, 3.63) is 89.5 Å². The van der Waals surface area contributed by atoms with Gasteiger partial charge in [0.25, 0.3) is 0 Å². The molecule has 0 spiro atoms. The smallest absolute Gasteiger partial charge is 0.497 e. The van der Waals surface area contributed by atoms with E-state index < -0.39 is 12.9 Å². The second-order valence-corrected chi connectivity index (χ2v) is 7.37. The van der Waals surface area contributed by atoms with Gasteiger partial charge >= 0.3 is 7.32 Å². The maximum Gasteiger partial charge on any atom is 0.634 e. The molecular weight excluding hydrogens is 407 g/mol. The Morgan fingerprint density at radius 1 is 0.688 bits per heavy atom. The zero-order valence-electron chi connectivity index (χ0n) is 18.8. The molecule has 0 aliphatic carbocycles. The quantitative estimate of drug-likeness (QED) is 0.466. The second kappa shape index (κ2) is 10.5. The summed E-state index contributed by atoms with van der Waals surface area (Å²) in [6, 6.07) is 22.6. The van der Waals surface area contributed by atoms with E-state index in [2.05, 4.69) is 0 Å². The lowest BCUT2D eigenvalue weighted by Gasteiger charge is -2.42. The lowest BCUT2D eigenvalue weighted by molar-refractivity contribution is 0.0241. The molecule has 0 aromatic heterocycles. The Morgan fingerprint density at radius 3 is 1.38 bits per heavy atom. The molecule has 3 aromatic rings. The molecule has 0 saturated heterocycles. The molecule has 1 unspecified atom stereocenters. The van der Waals surface area contributed by atoms with Crippen LogP contribution in [0.3, 0.4) is 0 Å². The van der Waals surface area contributed by atoms with Crippen LogP contribution in [0.15, 0.2) is 72.8 Å². The molecule has 6 nitrogen and oxygen atoms in total. The first-order valence-corrected chi connectivity index (χ1v) is 10.5. The van der Waals surface area contributed by atoms with Gasteiger partial charge in [0.05, 0.1) is 21.3 Å². The monoisotopic (exact) mass is 436 g/mol. The first-order valence-electron chi connectivity index (χ1n) is 10.5. The van der Waals surface area contributed by atoms with Crippen molar-refractivity contribution < 1.29 is 28.9 Å². The van der Waals surface area contributed by atoms with Crippen LogP contribution >= 0.6 is 0 Å². The minimum Gasteiger partial charge on any atom is -0.497 e. The Balaban J connectivity index is 2.27. The standard InChI is InChI=1S/C25H29BO6/c1-5-24(18-6-12-21(29-2)13-7-18)25(32-26(27)28,19-8-14-22(30-3)15-9-19)20-10-16-23(31-4)17-11-20/h6-17,24,27-28H,5H2,1-4H3. The van der Waals surface area contributed by atoms with Crippen LogP contribution in [0.2, 0.25) is 0 Å². The van der Waals surface area contributed by atoms with Crippen molar-refractivity contribution in [2.75, 3.05) is 21.3 Å². The van der Waals surface area contributed by atoms with E-state index >= 15 is 0 Å². The van der Waals surface area contributed by atoms with Gasteiger partial charge in [-0.05, 0) is 59.5 Å². The number of benzene rings is 3. The highest BCUT2D eigenvalue weighted by molar-refractivity contribution is 6.32. The number of hydrogen-bond donors (Lipinski definition) is 2. The van der Waals surface area contributed by atoms with E-state index in [9.17, 15) is 10.0 Å². The Labute approximate surface area is 189 Å². The summed E-state index contributed by atoms with van der Waals surface area (Å²) in [5.41, 5.74) is 1.30. The van der Waals surface area contributed by atoms with Crippen LogP contribution in [0.5, 0.6) is 17.2 Å². The van der Waals surface area contributed by atoms with Crippen molar-refractivity contribution in [1.29, 1.82) is 0 Å². The summed E-state index contributed by atoms with van der Waals surface area (Å²) in [5.74, 6) is 1.88. The Hall–Kier alpha value is -3.00. The van der Waals surface area contributed by atoms with Crippen LogP contribution in [0, 0.1) is 0 Å². The second-order valence-electron chi connectivity index (χ2n) is 7.37. The normalized spacial score (nSPS) is 12.2. The maximum absolute atomic E-state index is 10.0. The highest BCUT2D eigenvalue weighted by atomic mass is 16.6. The first-order chi connectivity index (χ1) is 15.5. The van der Waals surface area contributed by atoms with E-state index in [4.69, 9.17) is 18.9 Å². The summed E-state index contributed by atoms with van der Waals surface area (Å²) in [7, 11) is 2.83. The lowest BCUT2D eigenvalue weighted by Crippen LogP contribution is -2.43. The van der Waals surface area contributed by atoms with Gasteiger partial charge < -0.3 is 28.9 Å². The molecule has 2 N–H and O–H groups in total. The van der Waals surface area contributed by atoms with Gasteiger partial charge in [-0.25, -0.2) is 0 Å². The molecule has 3 rings (SSSR count). The zero-order valence-corrected chi connectivity index (χ0v) is 18.8. The van der Waals surface area contributed by atoms with E-state index in [1.54, 1.807) is 21.3 Å². The van der Waals surface area contributed by atoms with Crippen LogP contribution in [0.1, 0.15) is 36.0 Å². The Kier molecular flexibility index (Phi) is 7.80. The van der Waals surface area contributed by atoms with E-state index in [0.717, 1.165) is 22.4 Å². The zero-order chi connectivity index (χ0) is 23.1. The van der Waals surface area contributed by atoms with Crippen molar-refractivity contribution in [3.8, 4) is 17.2 Å². The van der Waals surface area contributed by atoms with E-state index in [1.165, 1.54) is 0 Å². The van der Waals surface area contributed by atoms with Gasteiger partial charge in [-0.2, -0.15) is 0 Å². The predicted octanol–water partition coefficient (Wildman–Crippen LogP) is 4.14. The van der Waals surface area contributed by atoms with Crippen LogP contribution in [0.4, 0.5) is 0 Å². The topological polar surface area (TPSA) is 77.4 Å². The summed E-state index contributed by atoms with van der Waals surface area (Å²) in [6.07, 6.45) is 0.664. The molecule has 168 valence electrons. The maximum atomic E-state index is 10.0. The average Bonchev–Trinajstić information content (AvgIpc) is 2.84. The molecule has 0 aliphatic heterocycles. The van der Waals surface area contributed by atoms with Gasteiger partial charge in [0.1, 0.15) is 22.8 Å². The van der Waals surface area contributed by atoms with Gasteiger partial charge in [0.15, 0.2) is 0 Å². The summed E-state index contributed by atoms with van der Waals surface area (Å²) in [6.45, 7) is 2.05. The highest BCUT2D eigenvalue weighted by Crippen LogP contribution is 2.48. The number of methoxy groups -OCH3 is 3. The third-order valence-corrected chi connectivity index (χ3v) is 5.75. The fourth-order valence-corrected chi connectivity index (χ4v) is 4.22. The molecule has 0 fully saturated rings. The SMILES string of the molecule is CCC(c1ccc(OC)cc1)C(OB(O)O)(c1ccc(OC)cc1)c1ccc(OC)cc1. The fourth-order valence-electron chi connectivity index (χ4n) is 4.22.